The molecule has 8 heteroatoms. The second-order valence-electron chi connectivity index (χ2n) is 8.59. The molecular weight excluding hydrogens is 446 g/mol. The zero-order chi connectivity index (χ0) is 24.8. The van der Waals surface area contributed by atoms with Gasteiger partial charge in [0.15, 0.2) is 11.5 Å². The van der Waals surface area contributed by atoms with E-state index in [1.807, 2.05) is 24.3 Å². The van der Waals surface area contributed by atoms with E-state index in [0.29, 0.717) is 48.2 Å². The van der Waals surface area contributed by atoms with E-state index in [2.05, 4.69) is 17.1 Å². The fraction of sp³-hybridized carbons (Fsp3) is 0.407. The topological polar surface area (TPSA) is 96.9 Å². The van der Waals surface area contributed by atoms with Crippen LogP contribution >= 0.6 is 0 Å². The van der Waals surface area contributed by atoms with Crippen LogP contribution < -0.4 is 9.47 Å². The highest BCUT2D eigenvalue weighted by molar-refractivity contribution is 6.00. The van der Waals surface area contributed by atoms with Gasteiger partial charge in [-0.2, -0.15) is 5.10 Å². The number of nitrogens with zero attached hydrogens (tertiary/aromatic N) is 2. The quantitative estimate of drug-likeness (QED) is 0.357. The van der Waals surface area contributed by atoms with E-state index in [1.54, 1.807) is 37.3 Å². The van der Waals surface area contributed by atoms with Crippen LogP contribution in [0.4, 0.5) is 0 Å². The minimum Gasteiger partial charge on any atom is -0.507 e. The van der Waals surface area contributed by atoms with Crippen molar-refractivity contribution >= 4 is 5.91 Å². The van der Waals surface area contributed by atoms with Gasteiger partial charge in [0.2, 0.25) is 0 Å². The number of hydrogen-bond donors (Lipinski definition) is 2. The Morgan fingerprint density at radius 2 is 1.89 bits per heavy atom. The summed E-state index contributed by atoms with van der Waals surface area (Å²) < 4.78 is 16.9. The van der Waals surface area contributed by atoms with Gasteiger partial charge in [-0.3, -0.25) is 9.89 Å². The average Bonchev–Trinajstić information content (AvgIpc) is 3.41. The number of amides is 1. The molecule has 0 bridgehead atoms. The summed E-state index contributed by atoms with van der Waals surface area (Å²) >= 11 is 0. The largest absolute Gasteiger partial charge is 0.507 e. The molecule has 1 aliphatic heterocycles. The average molecular weight is 480 g/mol. The number of phenolic OH excluding ortho intramolecular Hbond substituents is 1. The van der Waals surface area contributed by atoms with E-state index in [9.17, 15) is 9.90 Å². The van der Waals surface area contributed by atoms with Gasteiger partial charge in [0, 0.05) is 24.8 Å². The summed E-state index contributed by atoms with van der Waals surface area (Å²) in [5.41, 5.74) is 3.12. The zero-order valence-corrected chi connectivity index (χ0v) is 20.5. The highest BCUT2D eigenvalue weighted by Crippen LogP contribution is 2.45. The molecule has 186 valence electrons. The minimum atomic E-state index is -0.423. The number of benzene rings is 2. The third-order valence-corrected chi connectivity index (χ3v) is 6.32. The number of carbonyl (C=O) groups is 1. The van der Waals surface area contributed by atoms with Crippen LogP contribution in [0.3, 0.4) is 0 Å². The van der Waals surface area contributed by atoms with Crippen LogP contribution in [0.25, 0.3) is 11.3 Å². The summed E-state index contributed by atoms with van der Waals surface area (Å²) in [5.74, 6) is 1.23. The number of unbranched alkanes of at least 4 members (excludes halogenated alkanes) is 3. The fourth-order valence-electron chi connectivity index (χ4n) is 4.53. The molecule has 3 aromatic rings. The fourth-order valence-corrected chi connectivity index (χ4v) is 4.53. The first-order chi connectivity index (χ1) is 17.1. The predicted octanol–water partition coefficient (Wildman–Crippen LogP) is 4.94. The van der Waals surface area contributed by atoms with Crippen molar-refractivity contribution in [3.05, 3.63) is 59.3 Å². The van der Waals surface area contributed by atoms with Crippen LogP contribution in [-0.2, 0) is 4.74 Å². The van der Waals surface area contributed by atoms with Crippen molar-refractivity contribution < 1.29 is 24.1 Å². The molecule has 2 N–H and O–H groups in total. The lowest BCUT2D eigenvalue weighted by molar-refractivity contribution is 0.0677. The lowest BCUT2D eigenvalue weighted by Crippen LogP contribution is -2.32. The smallest absolute Gasteiger partial charge is 0.273 e. The van der Waals surface area contributed by atoms with Crippen LogP contribution in [0.5, 0.6) is 17.2 Å². The van der Waals surface area contributed by atoms with Crippen molar-refractivity contribution in [2.45, 2.75) is 38.6 Å². The molecule has 0 radical (unpaired) electrons. The monoisotopic (exact) mass is 479 g/mol. The Labute approximate surface area is 205 Å². The van der Waals surface area contributed by atoms with Gasteiger partial charge in [-0.25, -0.2) is 0 Å². The van der Waals surface area contributed by atoms with Gasteiger partial charge in [0.1, 0.15) is 17.1 Å². The number of methoxy groups -OCH3 is 2. The molecule has 0 fully saturated rings. The molecule has 1 aromatic heterocycles. The number of aromatic hydroxyl groups is 1. The molecule has 1 aliphatic rings. The summed E-state index contributed by atoms with van der Waals surface area (Å²) in [5, 5.41) is 17.8. The molecule has 1 unspecified atom stereocenters. The van der Waals surface area contributed by atoms with Crippen molar-refractivity contribution in [2.75, 3.05) is 34.0 Å². The Morgan fingerprint density at radius 3 is 2.63 bits per heavy atom. The third kappa shape index (κ3) is 4.98. The Morgan fingerprint density at radius 1 is 1.06 bits per heavy atom. The molecule has 8 nitrogen and oxygen atoms in total. The maximum absolute atomic E-state index is 13.3. The van der Waals surface area contributed by atoms with Crippen molar-refractivity contribution in [3.63, 3.8) is 0 Å². The first-order valence-electron chi connectivity index (χ1n) is 12.1. The van der Waals surface area contributed by atoms with Crippen molar-refractivity contribution in [2.24, 2.45) is 0 Å². The van der Waals surface area contributed by atoms with Crippen molar-refractivity contribution in [1.82, 2.24) is 15.1 Å². The summed E-state index contributed by atoms with van der Waals surface area (Å²) in [4.78, 5) is 15.1. The van der Waals surface area contributed by atoms with E-state index >= 15 is 0 Å². The lowest BCUT2D eigenvalue weighted by atomic mass is 9.95. The Kier molecular flexibility index (Phi) is 7.92. The molecule has 0 saturated carbocycles. The second-order valence-corrected chi connectivity index (χ2v) is 8.59. The molecule has 4 rings (SSSR count). The molecular formula is C27H33N3O5. The van der Waals surface area contributed by atoms with E-state index in [0.717, 1.165) is 24.0 Å². The predicted molar refractivity (Wildman–Crippen MR) is 133 cm³/mol. The number of aromatic amines is 1. The van der Waals surface area contributed by atoms with Gasteiger partial charge < -0.3 is 24.2 Å². The molecule has 0 spiro atoms. The lowest BCUT2D eigenvalue weighted by Gasteiger charge is -2.26. The molecule has 0 saturated heterocycles. The van der Waals surface area contributed by atoms with Crippen LogP contribution in [0.2, 0.25) is 0 Å². The first kappa shape index (κ1) is 24.6. The Balaban J connectivity index is 1.71. The number of aromatic nitrogens is 2. The standard InChI is InChI=1S/C27H33N3O5/c1-4-5-6-9-15-35-21-13-12-18(17-22(21)34-3)26-23-24(19-10-7-8-11-20(19)31)28-29-25(23)27(32)30(26)14-16-33-2/h7-8,10-13,17,26,31H,4-6,9,14-16H2,1-3H3,(H,28,29). The number of ether oxygens (including phenoxy) is 3. The van der Waals surface area contributed by atoms with Crippen molar-refractivity contribution in [3.8, 4) is 28.5 Å². The van der Waals surface area contributed by atoms with E-state index < -0.39 is 6.04 Å². The Bertz CT molecular complexity index is 1160. The molecule has 35 heavy (non-hydrogen) atoms. The van der Waals surface area contributed by atoms with Crippen LogP contribution in [0.15, 0.2) is 42.5 Å². The third-order valence-electron chi connectivity index (χ3n) is 6.32. The van der Waals surface area contributed by atoms with Gasteiger partial charge in [-0.05, 0) is 36.2 Å². The first-order valence-corrected chi connectivity index (χ1v) is 12.1. The van der Waals surface area contributed by atoms with Gasteiger partial charge >= 0.3 is 0 Å². The SMILES string of the molecule is CCCCCCOc1ccc(C2c3c(-c4ccccc4O)n[nH]c3C(=O)N2CCOC)cc1OC. The summed E-state index contributed by atoms with van der Waals surface area (Å²) in [6.45, 7) is 3.60. The number of para-hydroxylation sites is 1. The summed E-state index contributed by atoms with van der Waals surface area (Å²) in [6, 6.07) is 12.3. The second kappa shape index (κ2) is 11.3. The van der Waals surface area contributed by atoms with Gasteiger partial charge in [0.25, 0.3) is 5.91 Å². The highest BCUT2D eigenvalue weighted by atomic mass is 16.5. The Hall–Kier alpha value is -3.52. The van der Waals surface area contributed by atoms with Crippen LogP contribution in [0, 0.1) is 0 Å². The summed E-state index contributed by atoms with van der Waals surface area (Å²) in [6.07, 6.45) is 4.49. The number of fused-ring (bicyclic) bond motifs is 1. The van der Waals surface area contributed by atoms with Gasteiger partial charge in [-0.15, -0.1) is 0 Å². The number of rotatable bonds is 12. The van der Waals surface area contributed by atoms with Gasteiger partial charge in [-0.1, -0.05) is 44.4 Å². The minimum absolute atomic E-state index is 0.104. The normalized spacial score (nSPS) is 14.9. The number of nitrogens with one attached hydrogen (secondary N) is 1. The van der Waals surface area contributed by atoms with E-state index in [1.165, 1.54) is 12.8 Å². The van der Waals surface area contributed by atoms with E-state index in [-0.39, 0.29) is 11.7 Å². The van der Waals surface area contributed by atoms with Gasteiger partial charge in [0.05, 0.1) is 26.4 Å². The molecule has 1 atom stereocenters. The number of carbonyl (C=O) groups excluding carboxylic acids is 1. The molecule has 1 amide bonds. The number of H-pyrrole nitrogens is 1. The highest BCUT2D eigenvalue weighted by Gasteiger charge is 2.42. The van der Waals surface area contributed by atoms with Crippen LogP contribution in [-0.4, -0.2) is 60.1 Å². The molecule has 0 aliphatic carbocycles. The van der Waals surface area contributed by atoms with Crippen LogP contribution in [0.1, 0.15) is 60.3 Å². The maximum atomic E-state index is 13.3. The molecule has 2 aromatic carbocycles. The molecule has 2 heterocycles. The van der Waals surface area contributed by atoms with Crippen molar-refractivity contribution in [1.29, 1.82) is 0 Å². The number of hydrogen-bond acceptors (Lipinski definition) is 6. The maximum Gasteiger partial charge on any atom is 0.273 e. The zero-order valence-electron chi connectivity index (χ0n) is 20.5. The number of phenols is 1. The van der Waals surface area contributed by atoms with E-state index in [4.69, 9.17) is 14.2 Å². The summed E-state index contributed by atoms with van der Waals surface area (Å²) in [7, 11) is 3.22.